The fourth-order valence-electron chi connectivity index (χ4n) is 4.84. The number of piperazine rings is 1. The van der Waals surface area contributed by atoms with E-state index >= 15 is 0 Å². The molecule has 1 atom stereocenters. The number of carbonyl (C=O) groups is 2. The molecule has 1 saturated heterocycles. The van der Waals surface area contributed by atoms with Crippen LogP contribution in [0.15, 0.2) is 36.2 Å². The summed E-state index contributed by atoms with van der Waals surface area (Å²) in [6.07, 6.45) is 3.03. The van der Waals surface area contributed by atoms with Crippen molar-refractivity contribution in [1.82, 2.24) is 25.0 Å². The van der Waals surface area contributed by atoms with Gasteiger partial charge < -0.3 is 19.1 Å². The minimum atomic E-state index is -0.535. The number of Topliss-reactive ketones (excluding diaryl/α,β-unsaturated/α-hetero) is 1. The lowest BCUT2D eigenvalue weighted by Crippen LogP contribution is -2.50. The van der Waals surface area contributed by atoms with E-state index in [0.29, 0.717) is 61.2 Å². The zero-order chi connectivity index (χ0) is 27.0. The molecular formula is C28H33N5O5. The van der Waals surface area contributed by atoms with E-state index in [0.717, 1.165) is 10.9 Å². The first-order valence-corrected chi connectivity index (χ1v) is 12.9. The van der Waals surface area contributed by atoms with Crippen molar-refractivity contribution in [1.29, 1.82) is 0 Å². The lowest BCUT2D eigenvalue weighted by molar-refractivity contribution is 0.0108. The summed E-state index contributed by atoms with van der Waals surface area (Å²) in [5.74, 6) is 1.18. The number of benzene rings is 1. The highest BCUT2D eigenvalue weighted by molar-refractivity contribution is 6.15. The molecule has 0 spiro atoms. The van der Waals surface area contributed by atoms with Crippen molar-refractivity contribution in [3.8, 4) is 11.5 Å². The van der Waals surface area contributed by atoms with E-state index in [9.17, 15) is 9.59 Å². The molecule has 1 fully saturated rings. The SMILES string of the molecule is CCOc1ccc2c(c1C(C)N1CCN(C(=O)OC(C)(C)C)CC1)O/C(=C\c1n[nH]c3ncccc13)C2=O. The maximum absolute atomic E-state index is 13.4. The Morgan fingerprint density at radius 3 is 2.68 bits per heavy atom. The third-order valence-corrected chi connectivity index (χ3v) is 6.70. The molecule has 1 amide bonds. The number of pyridine rings is 1. The van der Waals surface area contributed by atoms with Crippen LogP contribution in [0, 0.1) is 0 Å². The van der Waals surface area contributed by atoms with Crippen LogP contribution in [-0.4, -0.2) is 75.2 Å². The first-order chi connectivity index (χ1) is 18.2. The number of rotatable bonds is 5. The third-order valence-electron chi connectivity index (χ3n) is 6.70. The Kier molecular flexibility index (Phi) is 6.83. The van der Waals surface area contributed by atoms with E-state index in [4.69, 9.17) is 14.2 Å². The first-order valence-electron chi connectivity index (χ1n) is 12.9. The van der Waals surface area contributed by atoms with Crippen LogP contribution in [0.3, 0.4) is 0 Å². The molecule has 10 nitrogen and oxygen atoms in total. The summed E-state index contributed by atoms with van der Waals surface area (Å²) < 4.78 is 17.7. The Balaban J connectivity index is 1.41. The fourth-order valence-corrected chi connectivity index (χ4v) is 4.84. The number of amides is 1. The van der Waals surface area contributed by atoms with Gasteiger partial charge in [-0.3, -0.25) is 14.8 Å². The summed E-state index contributed by atoms with van der Waals surface area (Å²) in [5, 5.41) is 7.99. The lowest BCUT2D eigenvalue weighted by atomic mass is 9.99. The van der Waals surface area contributed by atoms with Crippen LogP contribution < -0.4 is 9.47 Å². The van der Waals surface area contributed by atoms with Crippen LogP contribution in [0.2, 0.25) is 0 Å². The molecule has 0 saturated carbocycles. The number of H-pyrrole nitrogens is 1. The minimum absolute atomic E-state index is 0.116. The molecule has 4 heterocycles. The molecule has 2 aliphatic heterocycles. The molecule has 0 bridgehead atoms. The predicted octanol–water partition coefficient (Wildman–Crippen LogP) is 4.59. The summed E-state index contributed by atoms with van der Waals surface area (Å²) in [4.78, 5) is 34.1. The number of hydrogen-bond acceptors (Lipinski definition) is 8. The van der Waals surface area contributed by atoms with Gasteiger partial charge in [-0.25, -0.2) is 9.78 Å². The molecular weight excluding hydrogens is 486 g/mol. The number of carbonyl (C=O) groups excluding carboxylic acids is 2. The summed E-state index contributed by atoms with van der Waals surface area (Å²) in [5.41, 5.74) is 2.00. The van der Waals surface area contributed by atoms with E-state index in [1.165, 1.54) is 0 Å². The quantitative estimate of drug-likeness (QED) is 0.488. The topological polar surface area (TPSA) is 110 Å². The second-order valence-electron chi connectivity index (χ2n) is 10.4. The summed E-state index contributed by atoms with van der Waals surface area (Å²) >= 11 is 0. The van der Waals surface area contributed by atoms with Crippen molar-refractivity contribution in [2.75, 3.05) is 32.8 Å². The fraction of sp³-hybridized carbons (Fsp3) is 0.429. The lowest BCUT2D eigenvalue weighted by Gasteiger charge is -2.39. The maximum atomic E-state index is 13.4. The van der Waals surface area contributed by atoms with Gasteiger partial charge in [-0.2, -0.15) is 5.10 Å². The molecule has 1 aromatic carbocycles. The highest BCUT2D eigenvalue weighted by atomic mass is 16.6. The largest absolute Gasteiger partial charge is 0.493 e. The zero-order valence-corrected chi connectivity index (χ0v) is 22.4. The van der Waals surface area contributed by atoms with Crippen LogP contribution in [0.25, 0.3) is 17.1 Å². The van der Waals surface area contributed by atoms with Crippen molar-refractivity contribution in [3.05, 3.63) is 53.0 Å². The molecule has 2 aromatic heterocycles. The first kappa shape index (κ1) is 25.7. The van der Waals surface area contributed by atoms with Gasteiger partial charge in [0.1, 0.15) is 17.1 Å². The van der Waals surface area contributed by atoms with Crippen molar-refractivity contribution in [2.45, 2.75) is 46.3 Å². The number of aromatic nitrogens is 3. The summed E-state index contributed by atoms with van der Waals surface area (Å²) in [6, 6.07) is 7.19. The predicted molar refractivity (Wildman–Crippen MR) is 142 cm³/mol. The molecule has 10 heteroatoms. The van der Waals surface area contributed by atoms with Gasteiger partial charge in [0.2, 0.25) is 5.78 Å². The number of hydrogen-bond donors (Lipinski definition) is 1. The average molecular weight is 520 g/mol. The molecule has 2 aliphatic rings. The molecule has 3 aromatic rings. The van der Waals surface area contributed by atoms with Gasteiger partial charge in [-0.1, -0.05) is 0 Å². The van der Waals surface area contributed by atoms with Crippen LogP contribution in [0.4, 0.5) is 4.79 Å². The number of nitrogens with one attached hydrogen (secondary N) is 1. The number of ether oxygens (including phenoxy) is 3. The van der Waals surface area contributed by atoms with E-state index in [-0.39, 0.29) is 23.7 Å². The Labute approximate surface area is 221 Å². The van der Waals surface area contributed by atoms with Crippen LogP contribution in [-0.2, 0) is 4.74 Å². The Hall–Kier alpha value is -3.92. The van der Waals surface area contributed by atoms with E-state index in [1.54, 1.807) is 23.2 Å². The highest BCUT2D eigenvalue weighted by Crippen LogP contribution is 2.45. The number of nitrogens with zero attached hydrogens (tertiary/aromatic N) is 4. The zero-order valence-electron chi connectivity index (χ0n) is 22.4. The third kappa shape index (κ3) is 4.96. The van der Waals surface area contributed by atoms with Crippen molar-refractivity contribution in [3.63, 3.8) is 0 Å². The number of ketones is 1. The molecule has 1 unspecified atom stereocenters. The minimum Gasteiger partial charge on any atom is -0.493 e. The van der Waals surface area contributed by atoms with Gasteiger partial charge in [0.15, 0.2) is 11.4 Å². The van der Waals surface area contributed by atoms with Gasteiger partial charge in [0.25, 0.3) is 0 Å². The van der Waals surface area contributed by atoms with Crippen LogP contribution >= 0.6 is 0 Å². The van der Waals surface area contributed by atoms with Crippen molar-refractivity contribution < 1.29 is 23.8 Å². The molecule has 38 heavy (non-hydrogen) atoms. The van der Waals surface area contributed by atoms with Crippen molar-refractivity contribution >= 4 is 29.0 Å². The highest BCUT2D eigenvalue weighted by Gasteiger charge is 2.36. The maximum Gasteiger partial charge on any atom is 0.410 e. The van der Waals surface area contributed by atoms with Gasteiger partial charge >= 0.3 is 6.09 Å². The number of aromatic amines is 1. The van der Waals surface area contributed by atoms with E-state index in [1.807, 2.05) is 45.9 Å². The monoisotopic (exact) mass is 519 g/mol. The molecule has 5 rings (SSSR count). The Morgan fingerprint density at radius 2 is 1.97 bits per heavy atom. The Bertz CT molecular complexity index is 1400. The summed E-state index contributed by atoms with van der Waals surface area (Å²) in [7, 11) is 0. The van der Waals surface area contributed by atoms with E-state index in [2.05, 4.69) is 27.0 Å². The molecule has 0 aliphatic carbocycles. The standard InChI is InChI=1S/C28H33N5O5/c1-6-36-21-10-9-19-24(34)22(16-20-18-8-7-11-29-26(18)31-30-20)37-25(19)23(21)17(2)32-12-14-33(15-13-32)27(35)38-28(3,4)5/h7-11,16-17H,6,12-15H2,1-5H3,(H,29,30,31)/b22-16-. The molecule has 0 radical (unpaired) electrons. The van der Waals surface area contributed by atoms with Gasteiger partial charge in [-0.15, -0.1) is 0 Å². The normalized spacial score (nSPS) is 18.0. The smallest absolute Gasteiger partial charge is 0.410 e. The second-order valence-corrected chi connectivity index (χ2v) is 10.4. The van der Waals surface area contributed by atoms with Crippen molar-refractivity contribution in [2.24, 2.45) is 0 Å². The average Bonchev–Trinajstić information content (AvgIpc) is 3.44. The summed E-state index contributed by atoms with van der Waals surface area (Å²) in [6.45, 7) is 12.5. The van der Waals surface area contributed by atoms with Gasteiger partial charge in [0.05, 0.1) is 23.4 Å². The Morgan fingerprint density at radius 1 is 1.21 bits per heavy atom. The second kappa shape index (κ2) is 10.1. The van der Waals surface area contributed by atoms with Gasteiger partial charge in [-0.05, 0) is 58.9 Å². The van der Waals surface area contributed by atoms with Crippen LogP contribution in [0.1, 0.15) is 62.3 Å². The van der Waals surface area contributed by atoms with Gasteiger partial charge in [0, 0.05) is 49.9 Å². The molecule has 1 N–H and O–H groups in total. The van der Waals surface area contributed by atoms with E-state index < -0.39 is 5.60 Å². The number of allylic oxidation sites excluding steroid dienone is 1. The number of fused-ring (bicyclic) bond motifs is 2. The van der Waals surface area contributed by atoms with Crippen LogP contribution in [0.5, 0.6) is 11.5 Å². The molecule has 200 valence electrons.